The van der Waals surface area contributed by atoms with Gasteiger partial charge in [0.15, 0.2) is 11.5 Å². The molecular weight excluding hydrogens is 341 g/mol. The average Bonchev–Trinajstić information content (AvgIpc) is 3.30. The number of hydrogen-bond donors (Lipinski definition) is 1. The molecule has 4 rings (SSSR count). The van der Waals surface area contributed by atoms with Crippen LogP contribution >= 0.6 is 0 Å². The van der Waals surface area contributed by atoms with Crippen molar-refractivity contribution in [1.29, 1.82) is 0 Å². The van der Waals surface area contributed by atoms with Gasteiger partial charge in [-0.2, -0.15) is 4.98 Å². The first-order valence-electron chi connectivity index (χ1n) is 7.91. The van der Waals surface area contributed by atoms with E-state index >= 15 is 0 Å². The van der Waals surface area contributed by atoms with Crippen LogP contribution in [0.2, 0.25) is 0 Å². The van der Waals surface area contributed by atoms with Crippen LogP contribution in [0.25, 0.3) is 11.4 Å². The lowest BCUT2D eigenvalue weighted by atomic mass is 10.1. The predicted octanol–water partition coefficient (Wildman–Crippen LogP) is 2.46. The largest absolute Gasteiger partial charge is 0.454 e. The van der Waals surface area contributed by atoms with E-state index in [-0.39, 0.29) is 37.4 Å². The minimum absolute atomic E-state index is 0.109. The van der Waals surface area contributed by atoms with Crippen molar-refractivity contribution in [2.24, 2.45) is 0 Å². The molecule has 1 N–H and O–H groups in total. The fourth-order valence-electron chi connectivity index (χ4n) is 2.50. The van der Waals surface area contributed by atoms with Crippen LogP contribution in [0.3, 0.4) is 0 Å². The summed E-state index contributed by atoms with van der Waals surface area (Å²) in [5.41, 5.74) is 1.44. The number of fused-ring (bicyclic) bond motifs is 1. The fourth-order valence-corrected chi connectivity index (χ4v) is 2.50. The quantitative estimate of drug-likeness (QED) is 0.757. The third-order valence-corrected chi connectivity index (χ3v) is 3.81. The maximum absolute atomic E-state index is 12.9. The van der Waals surface area contributed by atoms with E-state index in [9.17, 15) is 9.18 Å². The van der Waals surface area contributed by atoms with Crippen LogP contribution in [0, 0.1) is 5.82 Å². The molecule has 0 unspecified atom stereocenters. The van der Waals surface area contributed by atoms with E-state index in [0.29, 0.717) is 17.3 Å². The lowest BCUT2D eigenvalue weighted by molar-refractivity contribution is -0.120. The van der Waals surface area contributed by atoms with Crippen molar-refractivity contribution >= 4 is 5.91 Å². The Labute approximate surface area is 147 Å². The topological polar surface area (TPSA) is 86.5 Å². The smallest absolute Gasteiger partial charge is 0.246 e. The Morgan fingerprint density at radius 2 is 1.92 bits per heavy atom. The molecule has 2 aromatic carbocycles. The van der Waals surface area contributed by atoms with Gasteiger partial charge in [-0.25, -0.2) is 4.39 Å². The summed E-state index contributed by atoms with van der Waals surface area (Å²) >= 11 is 0. The van der Waals surface area contributed by atoms with Crippen molar-refractivity contribution in [2.75, 3.05) is 6.79 Å². The number of amides is 1. The molecule has 0 saturated heterocycles. The van der Waals surface area contributed by atoms with Gasteiger partial charge in [0.1, 0.15) is 5.82 Å². The molecule has 1 aromatic heterocycles. The molecule has 8 heteroatoms. The molecule has 1 amide bonds. The van der Waals surface area contributed by atoms with E-state index in [1.807, 2.05) is 0 Å². The highest BCUT2D eigenvalue weighted by atomic mass is 19.1. The number of ether oxygens (including phenoxy) is 2. The summed E-state index contributed by atoms with van der Waals surface area (Å²) in [5, 5.41) is 6.60. The summed E-state index contributed by atoms with van der Waals surface area (Å²) < 4.78 is 28.6. The van der Waals surface area contributed by atoms with Crippen molar-refractivity contribution in [2.45, 2.75) is 13.0 Å². The zero-order valence-corrected chi connectivity index (χ0v) is 13.6. The van der Waals surface area contributed by atoms with Gasteiger partial charge in [-0.1, -0.05) is 17.3 Å². The first-order chi connectivity index (χ1) is 12.7. The molecule has 0 saturated carbocycles. The van der Waals surface area contributed by atoms with Gasteiger partial charge >= 0.3 is 0 Å². The third kappa shape index (κ3) is 3.49. The normalized spacial score (nSPS) is 12.2. The molecule has 0 radical (unpaired) electrons. The maximum Gasteiger partial charge on any atom is 0.246 e. The number of benzene rings is 2. The van der Waals surface area contributed by atoms with Gasteiger partial charge in [0.25, 0.3) is 0 Å². The van der Waals surface area contributed by atoms with E-state index in [4.69, 9.17) is 14.0 Å². The van der Waals surface area contributed by atoms with Gasteiger partial charge in [-0.15, -0.1) is 0 Å². The Morgan fingerprint density at radius 1 is 1.12 bits per heavy atom. The van der Waals surface area contributed by atoms with Crippen molar-refractivity contribution in [3.05, 3.63) is 59.7 Å². The van der Waals surface area contributed by atoms with Crippen molar-refractivity contribution in [1.82, 2.24) is 15.5 Å². The summed E-state index contributed by atoms with van der Waals surface area (Å²) in [6, 6.07) is 11.1. The van der Waals surface area contributed by atoms with Crippen LogP contribution in [0.1, 0.15) is 11.5 Å². The highest BCUT2D eigenvalue weighted by Gasteiger charge is 2.16. The first-order valence-corrected chi connectivity index (χ1v) is 7.91. The Bertz CT molecular complexity index is 940. The third-order valence-electron chi connectivity index (χ3n) is 3.81. The SMILES string of the molecule is O=C(Cc1ccc(F)cc1)NCc1nc(-c2ccc3c(c2)OCO3)no1. The molecule has 1 aliphatic heterocycles. The van der Waals surface area contributed by atoms with Gasteiger partial charge in [-0.05, 0) is 35.9 Å². The van der Waals surface area contributed by atoms with E-state index in [2.05, 4.69) is 15.5 Å². The number of rotatable bonds is 5. The lowest BCUT2D eigenvalue weighted by Crippen LogP contribution is -2.24. The highest BCUT2D eigenvalue weighted by molar-refractivity contribution is 5.78. The fraction of sp³-hybridized carbons (Fsp3) is 0.167. The van der Waals surface area contributed by atoms with Crippen LogP contribution in [0.15, 0.2) is 47.0 Å². The Hall–Kier alpha value is -3.42. The van der Waals surface area contributed by atoms with E-state index < -0.39 is 0 Å². The molecule has 7 nitrogen and oxygen atoms in total. The summed E-state index contributed by atoms with van der Waals surface area (Å²) in [7, 11) is 0. The molecule has 3 aromatic rings. The predicted molar refractivity (Wildman–Crippen MR) is 87.8 cm³/mol. The van der Waals surface area contributed by atoms with E-state index in [1.54, 1.807) is 30.3 Å². The Morgan fingerprint density at radius 3 is 2.77 bits per heavy atom. The average molecular weight is 355 g/mol. The van der Waals surface area contributed by atoms with Crippen molar-refractivity contribution in [3.63, 3.8) is 0 Å². The van der Waals surface area contributed by atoms with Crippen LogP contribution in [0.4, 0.5) is 4.39 Å². The second kappa shape index (κ2) is 6.83. The lowest BCUT2D eigenvalue weighted by Gasteiger charge is -2.02. The number of halogens is 1. The summed E-state index contributed by atoms with van der Waals surface area (Å²) in [5.74, 6) is 1.42. The minimum Gasteiger partial charge on any atom is -0.454 e. The molecule has 26 heavy (non-hydrogen) atoms. The van der Waals surface area contributed by atoms with Crippen LogP contribution < -0.4 is 14.8 Å². The van der Waals surface area contributed by atoms with Crippen LogP contribution in [-0.2, 0) is 17.8 Å². The number of carbonyl (C=O) groups is 1. The molecule has 2 heterocycles. The van der Waals surface area contributed by atoms with Gasteiger partial charge in [-0.3, -0.25) is 4.79 Å². The maximum atomic E-state index is 12.9. The van der Waals surface area contributed by atoms with E-state index in [1.165, 1.54) is 12.1 Å². The van der Waals surface area contributed by atoms with Crippen molar-refractivity contribution < 1.29 is 23.2 Å². The Kier molecular flexibility index (Phi) is 4.22. The minimum atomic E-state index is -0.337. The summed E-state index contributed by atoms with van der Waals surface area (Å²) in [4.78, 5) is 16.2. The molecule has 0 spiro atoms. The van der Waals surface area contributed by atoms with Crippen LogP contribution in [-0.4, -0.2) is 22.8 Å². The molecular formula is C18H14FN3O4. The number of nitrogens with one attached hydrogen (secondary N) is 1. The van der Waals surface area contributed by atoms with Crippen LogP contribution in [0.5, 0.6) is 11.5 Å². The van der Waals surface area contributed by atoms with E-state index in [0.717, 1.165) is 11.1 Å². The van der Waals surface area contributed by atoms with Gasteiger partial charge in [0.2, 0.25) is 24.4 Å². The molecule has 0 fully saturated rings. The zero-order valence-electron chi connectivity index (χ0n) is 13.6. The monoisotopic (exact) mass is 355 g/mol. The van der Waals surface area contributed by atoms with Gasteiger partial charge < -0.3 is 19.3 Å². The number of carbonyl (C=O) groups excluding carboxylic acids is 1. The van der Waals surface area contributed by atoms with Gasteiger partial charge in [0.05, 0.1) is 13.0 Å². The second-order valence-corrected chi connectivity index (χ2v) is 5.66. The number of hydrogen-bond acceptors (Lipinski definition) is 6. The highest BCUT2D eigenvalue weighted by Crippen LogP contribution is 2.35. The Balaban J connectivity index is 1.36. The molecule has 132 valence electrons. The standard InChI is InChI=1S/C18H14FN3O4/c19-13-4-1-11(2-5-13)7-16(23)20-9-17-21-18(22-26-17)12-3-6-14-15(8-12)25-10-24-14/h1-6,8H,7,9-10H2,(H,20,23). The molecule has 0 atom stereocenters. The molecule has 0 bridgehead atoms. The number of nitrogens with zero attached hydrogens (tertiary/aromatic N) is 2. The van der Waals surface area contributed by atoms with Gasteiger partial charge in [0, 0.05) is 5.56 Å². The summed E-state index contributed by atoms with van der Waals surface area (Å²) in [6.45, 7) is 0.300. The summed E-state index contributed by atoms with van der Waals surface area (Å²) in [6.07, 6.45) is 0.142. The first kappa shape index (κ1) is 16.1. The molecule has 1 aliphatic rings. The molecule has 0 aliphatic carbocycles. The second-order valence-electron chi connectivity index (χ2n) is 5.66. The van der Waals surface area contributed by atoms with Crippen molar-refractivity contribution in [3.8, 4) is 22.9 Å². The zero-order chi connectivity index (χ0) is 17.9. The number of aromatic nitrogens is 2.